The van der Waals surface area contributed by atoms with Gasteiger partial charge in [0.1, 0.15) is 12.1 Å². The number of hydrogen-bond donors (Lipinski definition) is 1. The van der Waals surface area contributed by atoms with Crippen molar-refractivity contribution in [2.75, 3.05) is 18.4 Å². The van der Waals surface area contributed by atoms with Crippen LogP contribution in [0.2, 0.25) is 0 Å². The molecular weight excluding hydrogens is 276 g/mol. The summed E-state index contributed by atoms with van der Waals surface area (Å²) in [4.78, 5) is 22.8. The van der Waals surface area contributed by atoms with Crippen LogP contribution in [0.5, 0.6) is 0 Å². The van der Waals surface area contributed by atoms with Crippen LogP contribution >= 0.6 is 0 Å². The number of nitrogens with one attached hydrogen (secondary N) is 1. The van der Waals surface area contributed by atoms with Gasteiger partial charge in [-0.05, 0) is 38.5 Å². The second-order valence-corrected chi connectivity index (χ2v) is 6.70. The number of piperidine rings is 1. The maximum absolute atomic E-state index is 12.3. The van der Waals surface area contributed by atoms with Gasteiger partial charge in [0, 0.05) is 37.3 Å². The summed E-state index contributed by atoms with van der Waals surface area (Å²) in [5.41, 5.74) is 0.974. The van der Waals surface area contributed by atoms with Crippen molar-refractivity contribution in [1.29, 1.82) is 0 Å². The predicted octanol–water partition coefficient (Wildman–Crippen LogP) is 2.77. The first-order chi connectivity index (χ1) is 10.7. The van der Waals surface area contributed by atoms with E-state index in [1.165, 1.54) is 25.7 Å². The van der Waals surface area contributed by atoms with Crippen LogP contribution in [0.1, 0.15) is 50.6 Å². The molecule has 1 amide bonds. The van der Waals surface area contributed by atoms with E-state index in [0.717, 1.165) is 43.9 Å². The Balaban J connectivity index is 1.44. The number of anilines is 1. The number of carbonyl (C=O) groups is 1. The van der Waals surface area contributed by atoms with Gasteiger partial charge in [0.25, 0.3) is 0 Å². The molecule has 2 heterocycles. The van der Waals surface area contributed by atoms with Crippen molar-refractivity contribution in [3.05, 3.63) is 18.1 Å². The highest BCUT2D eigenvalue weighted by atomic mass is 16.2. The monoisotopic (exact) mass is 302 g/mol. The molecular formula is C17H26N4O. The average Bonchev–Trinajstić information content (AvgIpc) is 3.01. The summed E-state index contributed by atoms with van der Waals surface area (Å²) < 4.78 is 0. The van der Waals surface area contributed by atoms with Crippen LogP contribution < -0.4 is 5.32 Å². The van der Waals surface area contributed by atoms with Crippen molar-refractivity contribution in [2.24, 2.45) is 5.92 Å². The highest BCUT2D eigenvalue weighted by molar-refractivity contribution is 5.76. The largest absolute Gasteiger partial charge is 0.367 e. The highest BCUT2D eigenvalue weighted by Gasteiger charge is 2.26. The highest BCUT2D eigenvalue weighted by Crippen LogP contribution is 2.28. The normalized spacial score (nSPS) is 20.3. The number of carbonyl (C=O) groups excluding carboxylic acids is 1. The molecule has 1 saturated heterocycles. The van der Waals surface area contributed by atoms with Crippen LogP contribution in [0, 0.1) is 12.8 Å². The summed E-state index contributed by atoms with van der Waals surface area (Å²) in [6.07, 6.45) is 9.47. The van der Waals surface area contributed by atoms with E-state index in [-0.39, 0.29) is 0 Å². The Morgan fingerprint density at radius 2 is 1.95 bits per heavy atom. The Morgan fingerprint density at radius 3 is 2.64 bits per heavy atom. The Bertz CT molecular complexity index is 505. The zero-order valence-corrected chi connectivity index (χ0v) is 13.4. The molecule has 1 N–H and O–H groups in total. The number of likely N-dealkylation sites (tertiary alicyclic amines) is 1. The third-order valence-corrected chi connectivity index (χ3v) is 4.94. The van der Waals surface area contributed by atoms with E-state index in [0.29, 0.717) is 17.9 Å². The fourth-order valence-electron chi connectivity index (χ4n) is 3.61. The lowest BCUT2D eigenvalue weighted by Gasteiger charge is -2.33. The first kappa shape index (κ1) is 15.3. The molecule has 0 radical (unpaired) electrons. The van der Waals surface area contributed by atoms with Crippen molar-refractivity contribution in [1.82, 2.24) is 14.9 Å². The molecule has 3 rings (SSSR count). The summed E-state index contributed by atoms with van der Waals surface area (Å²) in [7, 11) is 0. The summed E-state index contributed by atoms with van der Waals surface area (Å²) in [6.45, 7) is 3.71. The van der Waals surface area contributed by atoms with Crippen molar-refractivity contribution in [3.8, 4) is 0 Å². The molecule has 5 heteroatoms. The fourth-order valence-corrected chi connectivity index (χ4v) is 3.61. The van der Waals surface area contributed by atoms with Crippen LogP contribution in [-0.2, 0) is 4.79 Å². The van der Waals surface area contributed by atoms with Gasteiger partial charge in [-0.2, -0.15) is 0 Å². The Kier molecular flexibility index (Phi) is 4.90. The van der Waals surface area contributed by atoms with E-state index in [4.69, 9.17) is 0 Å². The summed E-state index contributed by atoms with van der Waals surface area (Å²) in [5.74, 6) is 1.90. The van der Waals surface area contributed by atoms with Gasteiger partial charge in [0.05, 0.1) is 0 Å². The van der Waals surface area contributed by atoms with E-state index >= 15 is 0 Å². The molecule has 0 bridgehead atoms. The first-order valence-electron chi connectivity index (χ1n) is 8.53. The molecule has 1 aromatic rings. The maximum atomic E-state index is 12.3. The lowest BCUT2D eigenvalue weighted by Crippen LogP contribution is -2.42. The summed E-state index contributed by atoms with van der Waals surface area (Å²) >= 11 is 0. The molecule has 2 fully saturated rings. The zero-order chi connectivity index (χ0) is 15.4. The van der Waals surface area contributed by atoms with E-state index in [1.54, 1.807) is 6.33 Å². The molecule has 0 unspecified atom stereocenters. The average molecular weight is 302 g/mol. The van der Waals surface area contributed by atoms with Gasteiger partial charge in [0.15, 0.2) is 0 Å². The van der Waals surface area contributed by atoms with Gasteiger partial charge in [-0.1, -0.05) is 12.8 Å². The number of nitrogens with zero attached hydrogens (tertiary/aromatic N) is 3. The smallest absolute Gasteiger partial charge is 0.222 e. The van der Waals surface area contributed by atoms with Gasteiger partial charge in [-0.15, -0.1) is 0 Å². The third-order valence-electron chi connectivity index (χ3n) is 4.94. The number of rotatable bonds is 4. The lowest BCUT2D eigenvalue weighted by molar-refractivity contribution is -0.133. The number of hydrogen-bond acceptors (Lipinski definition) is 4. The van der Waals surface area contributed by atoms with Crippen LogP contribution in [-0.4, -0.2) is 39.9 Å². The summed E-state index contributed by atoms with van der Waals surface area (Å²) in [6, 6.07) is 2.38. The molecule has 0 aromatic carbocycles. The minimum atomic E-state index is 0.364. The maximum Gasteiger partial charge on any atom is 0.222 e. The molecule has 1 aliphatic heterocycles. The van der Waals surface area contributed by atoms with E-state index < -0.39 is 0 Å². The standard InChI is InChI=1S/C17H26N4O/c1-13-10-16(19-12-18-13)20-15-6-8-21(9-7-15)17(22)11-14-4-2-3-5-14/h10,12,14-15H,2-9,11H2,1H3,(H,18,19,20). The second-order valence-electron chi connectivity index (χ2n) is 6.70. The van der Waals surface area contributed by atoms with Crippen molar-refractivity contribution >= 4 is 11.7 Å². The molecule has 22 heavy (non-hydrogen) atoms. The van der Waals surface area contributed by atoms with Crippen LogP contribution in [0.4, 0.5) is 5.82 Å². The quantitative estimate of drug-likeness (QED) is 0.929. The molecule has 0 spiro atoms. The molecule has 1 aromatic heterocycles. The minimum Gasteiger partial charge on any atom is -0.367 e. The molecule has 120 valence electrons. The predicted molar refractivity (Wildman–Crippen MR) is 86.6 cm³/mol. The summed E-state index contributed by atoms with van der Waals surface area (Å²) in [5, 5.41) is 3.47. The van der Waals surface area contributed by atoms with Crippen LogP contribution in [0.3, 0.4) is 0 Å². The van der Waals surface area contributed by atoms with Crippen molar-refractivity contribution in [3.63, 3.8) is 0 Å². The number of aryl methyl sites for hydroxylation is 1. The molecule has 0 atom stereocenters. The van der Waals surface area contributed by atoms with Gasteiger partial charge < -0.3 is 10.2 Å². The topological polar surface area (TPSA) is 58.1 Å². The fraction of sp³-hybridized carbons (Fsp3) is 0.706. The van der Waals surface area contributed by atoms with Crippen LogP contribution in [0.15, 0.2) is 12.4 Å². The Morgan fingerprint density at radius 1 is 1.23 bits per heavy atom. The Labute approximate surface area is 132 Å². The van der Waals surface area contributed by atoms with E-state index in [1.807, 2.05) is 13.0 Å². The van der Waals surface area contributed by atoms with Gasteiger partial charge >= 0.3 is 0 Å². The first-order valence-corrected chi connectivity index (χ1v) is 8.53. The van der Waals surface area contributed by atoms with Crippen molar-refractivity contribution < 1.29 is 4.79 Å². The van der Waals surface area contributed by atoms with Crippen LogP contribution in [0.25, 0.3) is 0 Å². The minimum absolute atomic E-state index is 0.364. The number of aromatic nitrogens is 2. The Hall–Kier alpha value is -1.65. The van der Waals surface area contributed by atoms with Crippen molar-refractivity contribution in [2.45, 2.75) is 57.9 Å². The zero-order valence-electron chi connectivity index (χ0n) is 13.4. The SMILES string of the molecule is Cc1cc(NC2CCN(C(=O)CC3CCCC3)CC2)ncn1. The van der Waals surface area contributed by atoms with Gasteiger partial charge in [0.2, 0.25) is 5.91 Å². The van der Waals surface area contributed by atoms with E-state index in [9.17, 15) is 4.79 Å². The molecule has 1 saturated carbocycles. The molecule has 1 aliphatic carbocycles. The van der Waals surface area contributed by atoms with Gasteiger partial charge in [-0.25, -0.2) is 9.97 Å². The van der Waals surface area contributed by atoms with E-state index in [2.05, 4.69) is 20.2 Å². The molecule has 2 aliphatic rings. The lowest BCUT2D eigenvalue weighted by atomic mass is 10.0. The third kappa shape index (κ3) is 3.96. The van der Waals surface area contributed by atoms with Gasteiger partial charge in [-0.3, -0.25) is 4.79 Å². The second kappa shape index (κ2) is 7.07. The number of amides is 1. The molecule has 5 nitrogen and oxygen atoms in total.